The van der Waals surface area contributed by atoms with Gasteiger partial charge in [0.2, 0.25) is 0 Å². The van der Waals surface area contributed by atoms with Gasteiger partial charge in [0.25, 0.3) is 0 Å². The van der Waals surface area contributed by atoms with E-state index in [1.54, 1.807) is 0 Å². The highest BCUT2D eigenvalue weighted by Gasteiger charge is 2.33. The summed E-state index contributed by atoms with van der Waals surface area (Å²) in [6.45, 7) is 12.2. The highest BCUT2D eigenvalue weighted by atomic mass is 16.1. The highest BCUT2D eigenvalue weighted by molar-refractivity contribution is 6.00. The number of ketones is 3. The van der Waals surface area contributed by atoms with Crippen molar-refractivity contribution in [1.82, 2.24) is 0 Å². The van der Waals surface area contributed by atoms with E-state index < -0.39 is 0 Å². The molecule has 0 fully saturated rings. The highest BCUT2D eigenvalue weighted by Crippen LogP contribution is 2.38. The molecule has 0 saturated heterocycles. The minimum absolute atomic E-state index is 0.0445. The third-order valence-corrected chi connectivity index (χ3v) is 6.63. The lowest BCUT2D eigenvalue weighted by Gasteiger charge is -2.32. The lowest BCUT2D eigenvalue weighted by Crippen LogP contribution is -2.30. The van der Waals surface area contributed by atoms with Gasteiger partial charge in [0.1, 0.15) is 11.6 Å². The van der Waals surface area contributed by atoms with Crippen molar-refractivity contribution >= 4 is 17.3 Å². The van der Waals surface area contributed by atoms with Crippen LogP contribution in [-0.2, 0) is 22.4 Å². The molecule has 0 bridgehead atoms. The van der Waals surface area contributed by atoms with Crippen molar-refractivity contribution in [2.24, 2.45) is 23.7 Å². The Labute approximate surface area is 183 Å². The second kappa shape index (κ2) is 11.0. The standard InChI is InChI=1S/C27H40O3/c1-7-9-21(23(8-2)25(29)13-19(6)28)14-20-15-24-22(12-17(3)4)11-10-18(5)27(24)26(30)16-20/h10-11,17,20-21,23H,7-9,12-16H2,1-6H3. The summed E-state index contributed by atoms with van der Waals surface area (Å²) >= 11 is 0. The van der Waals surface area contributed by atoms with Gasteiger partial charge in [-0.3, -0.25) is 14.4 Å². The first-order valence-electron chi connectivity index (χ1n) is 11.8. The predicted molar refractivity (Wildman–Crippen MR) is 123 cm³/mol. The molecule has 2 rings (SSSR count). The molecule has 0 N–H and O–H groups in total. The minimum Gasteiger partial charge on any atom is -0.300 e. The third kappa shape index (κ3) is 6.12. The molecule has 0 saturated carbocycles. The Morgan fingerprint density at radius 3 is 2.40 bits per heavy atom. The molecule has 1 aliphatic rings. The zero-order chi connectivity index (χ0) is 22.4. The van der Waals surface area contributed by atoms with Crippen LogP contribution in [0.1, 0.15) is 100 Å². The van der Waals surface area contributed by atoms with Crippen LogP contribution in [0.4, 0.5) is 0 Å². The molecule has 1 aromatic carbocycles. The maximum absolute atomic E-state index is 13.1. The normalized spacial score (nSPS) is 18.2. The molecule has 0 aliphatic heterocycles. The first-order valence-corrected chi connectivity index (χ1v) is 11.8. The van der Waals surface area contributed by atoms with Crippen molar-refractivity contribution in [2.45, 2.75) is 92.9 Å². The number of carbonyl (C=O) groups excluding carboxylic acids is 3. The summed E-state index contributed by atoms with van der Waals surface area (Å²) < 4.78 is 0. The fourth-order valence-electron chi connectivity index (χ4n) is 5.43. The average molecular weight is 413 g/mol. The molecule has 3 unspecified atom stereocenters. The molecule has 0 heterocycles. The fraction of sp³-hybridized carbons (Fsp3) is 0.667. The Morgan fingerprint density at radius 1 is 1.13 bits per heavy atom. The van der Waals surface area contributed by atoms with Crippen molar-refractivity contribution in [1.29, 1.82) is 0 Å². The Kier molecular flexibility index (Phi) is 9.00. The minimum atomic E-state index is -0.0713. The predicted octanol–water partition coefficient (Wildman–Crippen LogP) is 6.32. The van der Waals surface area contributed by atoms with Crippen LogP contribution in [-0.4, -0.2) is 17.3 Å². The van der Waals surface area contributed by atoms with Crippen molar-refractivity contribution in [3.63, 3.8) is 0 Å². The summed E-state index contributed by atoms with van der Waals surface area (Å²) in [4.78, 5) is 37.4. The zero-order valence-corrected chi connectivity index (χ0v) is 19.8. The van der Waals surface area contributed by atoms with Crippen LogP contribution < -0.4 is 0 Å². The van der Waals surface area contributed by atoms with E-state index >= 15 is 0 Å². The van der Waals surface area contributed by atoms with Crippen LogP contribution in [0.5, 0.6) is 0 Å². The first kappa shape index (κ1) is 24.5. The Hall–Kier alpha value is -1.77. The van der Waals surface area contributed by atoms with Crippen LogP contribution >= 0.6 is 0 Å². The maximum atomic E-state index is 13.1. The summed E-state index contributed by atoms with van der Waals surface area (Å²) in [5.41, 5.74) is 4.61. The second-order valence-electron chi connectivity index (χ2n) is 9.83. The van der Waals surface area contributed by atoms with E-state index in [2.05, 4.69) is 39.8 Å². The van der Waals surface area contributed by atoms with Crippen molar-refractivity contribution in [2.75, 3.05) is 0 Å². The lowest BCUT2D eigenvalue weighted by atomic mass is 9.71. The molecule has 1 aromatic rings. The fourth-order valence-corrected chi connectivity index (χ4v) is 5.43. The van der Waals surface area contributed by atoms with Crippen LogP contribution in [0.2, 0.25) is 0 Å². The van der Waals surface area contributed by atoms with Gasteiger partial charge in [-0.15, -0.1) is 0 Å². The van der Waals surface area contributed by atoms with Crippen molar-refractivity contribution in [3.8, 4) is 0 Å². The van der Waals surface area contributed by atoms with E-state index in [0.29, 0.717) is 12.3 Å². The topological polar surface area (TPSA) is 51.2 Å². The Balaban J connectivity index is 2.28. The number of hydrogen-bond donors (Lipinski definition) is 0. The van der Waals surface area contributed by atoms with E-state index in [1.165, 1.54) is 18.1 Å². The van der Waals surface area contributed by atoms with Crippen LogP contribution in [0.15, 0.2) is 12.1 Å². The van der Waals surface area contributed by atoms with E-state index in [9.17, 15) is 14.4 Å². The largest absolute Gasteiger partial charge is 0.300 e. The molecule has 1 aliphatic carbocycles. The van der Waals surface area contributed by atoms with Gasteiger partial charge >= 0.3 is 0 Å². The van der Waals surface area contributed by atoms with Gasteiger partial charge in [-0.25, -0.2) is 0 Å². The number of benzene rings is 1. The number of Topliss-reactive ketones (excluding diaryl/α,β-unsaturated/α-hetero) is 3. The summed E-state index contributed by atoms with van der Waals surface area (Å²) in [6, 6.07) is 4.31. The zero-order valence-electron chi connectivity index (χ0n) is 19.8. The number of rotatable bonds is 11. The quantitative estimate of drug-likeness (QED) is 0.400. The van der Waals surface area contributed by atoms with E-state index in [1.807, 2.05) is 6.92 Å². The molecule has 3 heteroatoms. The monoisotopic (exact) mass is 412 g/mol. The van der Waals surface area contributed by atoms with Gasteiger partial charge in [-0.1, -0.05) is 52.7 Å². The lowest BCUT2D eigenvalue weighted by molar-refractivity contribution is -0.129. The second-order valence-corrected chi connectivity index (χ2v) is 9.83. The van der Waals surface area contributed by atoms with Gasteiger partial charge in [0.05, 0.1) is 6.42 Å². The van der Waals surface area contributed by atoms with Crippen molar-refractivity contribution < 1.29 is 14.4 Å². The first-order chi connectivity index (χ1) is 14.2. The van der Waals surface area contributed by atoms with E-state index in [-0.39, 0.29) is 41.5 Å². The number of hydrogen-bond acceptors (Lipinski definition) is 3. The molecule has 0 aromatic heterocycles. The molecule has 3 atom stereocenters. The van der Waals surface area contributed by atoms with Gasteiger partial charge in [-0.05, 0) is 74.0 Å². The number of carbonyl (C=O) groups is 3. The van der Waals surface area contributed by atoms with Gasteiger partial charge in [-0.2, -0.15) is 0 Å². The molecule has 3 nitrogen and oxygen atoms in total. The van der Waals surface area contributed by atoms with Crippen LogP contribution in [0.3, 0.4) is 0 Å². The van der Waals surface area contributed by atoms with Crippen LogP contribution in [0.25, 0.3) is 0 Å². The summed E-state index contributed by atoms with van der Waals surface area (Å²) in [6.07, 6.45) is 6.22. The van der Waals surface area contributed by atoms with Gasteiger partial charge in [0, 0.05) is 17.9 Å². The molecule has 0 spiro atoms. The maximum Gasteiger partial charge on any atom is 0.163 e. The molecule has 30 heavy (non-hydrogen) atoms. The van der Waals surface area contributed by atoms with Gasteiger partial charge in [0.15, 0.2) is 5.78 Å². The number of fused-ring (bicyclic) bond motifs is 1. The van der Waals surface area contributed by atoms with E-state index in [4.69, 9.17) is 0 Å². The SMILES string of the molecule is CCCC(CC1CC(=O)c2c(C)ccc(CC(C)C)c2C1)C(CC)C(=O)CC(C)=O. The Morgan fingerprint density at radius 2 is 1.83 bits per heavy atom. The number of aryl methyl sites for hydroxylation is 1. The molecule has 0 radical (unpaired) electrons. The molecule has 166 valence electrons. The van der Waals surface area contributed by atoms with Crippen molar-refractivity contribution in [3.05, 3.63) is 34.4 Å². The smallest absolute Gasteiger partial charge is 0.163 e. The van der Waals surface area contributed by atoms with Crippen LogP contribution in [0, 0.1) is 30.6 Å². The molecule has 0 amide bonds. The molecular weight excluding hydrogens is 372 g/mol. The summed E-state index contributed by atoms with van der Waals surface area (Å²) in [5.74, 6) is 1.32. The third-order valence-electron chi connectivity index (χ3n) is 6.63. The van der Waals surface area contributed by atoms with Gasteiger partial charge < -0.3 is 0 Å². The summed E-state index contributed by atoms with van der Waals surface area (Å²) in [5, 5.41) is 0. The molecular formula is C27H40O3. The Bertz CT molecular complexity index is 775. The van der Waals surface area contributed by atoms with E-state index in [0.717, 1.165) is 49.7 Å². The average Bonchev–Trinajstić information content (AvgIpc) is 2.63. The summed E-state index contributed by atoms with van der Waals surface area (Å²) in [7, 11) is 0.